The van der Waals surface area contributed by atoms with Crippen molar-refractivity contribution in [3.63, 3.8) is 0 Å². The Bertz CT molecular complexity index is 464. The van der Waals surface area contributed by atoms with Crippen LogP contribution in [0.15, 0.2) is 18.3 Å². The lowest BCUT2D eigenvalue weighted by Gasteiger charge is -2.26. The predicted octanol–water partition coefficient (Wildman–Crippen LogP) is 2.39. The quantitative estimate of drug-likeness (QED) is 0.842. The highest BCUT2D eigenvalue weighted by atomic mass is 32.2. The molecule has 0 aromatic carbocycles. The number of carboxylic acid groups (broad SMARTS) is 1. The highest BCUT2D eigenvalue weighted by Crippen LogP contribution is 2.12. The van der Waals surface area contributed by atoms with Gasteiger partial charge in [0, 0.05) is 18.8 Å². The van der Waals surface area contributed by atoms with Crippen LogP contribution in [0.5, 0.6) is 0 Å². The van der Waals surface area contributed by atoms with Gasteiger partial charge in [-0.15, -0.1) is 0 Å². The number of hydrogen-bond acceptors (Lipinski definition) is 4. The Morgan fingerprint density at radius 1 is 1.50 bits per heavy atom. The van der Waals surface area contributed by atoms with Gasteiger partial charge in [0.2, 0.25) is 0 Å². The number of carboxylic acids is 1. The van der Waals surface area contributed by atoms with Gasteiger partial charge >= 0.3 is 12.0 Å². The number of carbonyl (C=O) groups excluding carboxylic acids is 1. The fourth-order valence-electron chi connectivity index (χ4n) is 1.67. The number of aromatic carboxylic acids is 1. The molecule has 2 N–H and O–H groups in total. The normalized spacial score (nSPS) is 11.8. The Kier molecular flexibility index (Phi) is 6.30. The summed E-state index contributed by atoms with van der Waals surface area (Å²) < 4.78 is 0. The maximum absolute atomic E-state index is 12.1. The molecule has 1 unspecified atom stereocenters. The second-order valence-corrected chi connectivity index (χ2v) is 5.21. The third-order valence-electron chi connectivity index (χ3n) is 2.93. The molecule has 2 amide bonds. The van der Waals surface area contributed by atoms with Crippen LogP contribution in [-0.2, 0) is 0 Å². The van der Waals surface area contributed by atoms with E-state index in [1.807, 2.05) is 13.2 Å². The molecular weight excluding hydrogens is 278 g/mol. The molecule has 20 heavy (non-hydrogen) atoms. The number of thioether (sulfide) groups is 1. The zero-order chi connectivity index (χ0) is 15.1. The van der Waals surface area contributed by atoms with Gasteiger partial charge in [-0.3, -0.25) is 0 Å². The van der Waals surface area contributed by atoms with Gasteiger partial charge in [0.25, 0.3) is 0 Å². The summed E-state index contributed by atoms with van der Waals surface area (Å²) in [4.78, 5) is 28.2. The number of urea groups is 1. The average molecular weight is 297 g/mol. The van der Waals surface area contributed by atoms with Crippen LogP contribution in [0.25, 0.3) is 0 Å². The molecule has 6 nitrogen and oxygen atoms in total. The first-order valence-electron chi connectivity index (χ1n) is 6.21. The molecule has 1 aromatic rings. The van der Waals surface area contributed by atoms with Gasteiger partial charge in [0.1, 0.15) is 5.69 Å². The van der Waals surface area contributed by atoms with E-state index in [4.69, 9.17) is 5.11 Å². The number of amides is 2. The maximum atomic E-state index is 12.1. The molecule has 110 valence electrons. The number of rotatable bonds is 6. The Labute approximate surface area is 122 Å². The number of aromatic nitrogens is 1. The second-order valence-electron chi connectivity index (χ2n) is 4.30. The number of pyridine rings is 1. The van der Waals surface area contributed by atoms with Crippen molar-refractivity contribution >= 4 is 29.4 Å². The third-order valence-corrected chi connectivity index (χ3v) is 3.65. The van der Waals surface area contributed by atoms with Gasteiger partial charge < -0.3 is 15.3 Å². The predicted molar refractivity (Wildman–Crippen MR) is 80.4 cm³/mol. The van der Waals surface area contributed by atoms with Crippen LogP contribution in [0.1, 0.15) is 23.8 Å². The van der Waals surface area contributed by atoms with E-state index < -0.39 is 5.97 Å². The molecule has 0 aliphatic heterocycles. The number of carbonyl (C=O) groups is 2. The molecule has 1 rings (SSSR count). The second kappa shape index (κ2) is 7.74. The van der Waals surface area contributed by atoms with Crippen molar-refractivity contribution in [3.8, 4) is 0 Å². The average Bonchev–Trinajstić information content (AvgIpc) is 2.44. The highest BCUT2D eigenvalue weighted by molar-refractivity contribution is 7.98. The molecule has 0 bridgehead atoms. The molecule has 1 atom stereocenters. The van der Waals surface area contributed by atoms with E-state index in [-0.39, 0.29) is 17.8 Å². The van der Waals surface area contributed by atoms with Crippen LogP contribution in [0.4, 0.5) is 10.5 Å². The van der Waals surface area contributed by atoms with E-state index in [1.165, 1.54) is 18.3 Å². The summed E-state index contributed by atoms with van der Waals surface area (Å²) in [5, 5.41) is 11.5. The lowest BCUT2D eigenvalue weighted by molar-refractivity contribution is 0.0690. The molecule has 0 saturated carbocycles. The van der Waals surface area contributed by atoms with Crippen LogP contribution in [0.2, 0.25) is 0 Å². The van der Waals surface area contributed by atoms with Gasteiger partial charge in [0.15, 0.2) is 0 Å². The third kappa shape index (κ3) is 4.41. The van der Waals surface area contributed by atoms with Gasteiger partial charge in [0.05, 0.1) is 11.9 Å². The number of nitrogens with zero attached hydrogens (tertiary/aromatic N) is 2. The standard InChI is InChI=1S/C13H19N3O3S/c1-4-10(8-20-3)16(2)13(19)15-9-5-6-11(12(17)18)14-7-9/h5-7,10H,4,8H2,1-3H3,(H,15,19)(H,17,18). The van der Waals surface area contributed by atoms with Crippen molar-refractivity contribution in [3.05, 3.63) is 24.0 Å². The molecule has 0 fully saturated rings. The molecule has 1 heterocycles. The molecule has 0 radical (unpaired) electrons. The van der Waals surface area contributed by atoms with Crippen LogP contribution < -0.4 is 5.32 Å². The molecular formula is C13H19N3O3S. The van der Waals surface area contributed by atoms with Gasteiger partial charge in [-0.05, 0) is 24.8 Å². The van der Waals surface area contributed by atoms with Gasteiger partial charge in [-0.2, -0.15) is 11.8 Å². The van der Waals surface area contributed by atoms with Crippen molar-refractivity contribution in [2.24, 2.45) is 0 Å². The minimum Gasteiger partial charge on any atom is -0.477 e. The van der Waals surface area contributed by atoms with Crippen LogP contribution in [0.3, 0.4) is 0 Å². The zero-order valence-corrected chi connectivity index (χ0v) is 12.6. The van der Waals surface area contributed by atoms with E-state index in [2.05, 4.69) is 10.3 Å². The van der Waals surface area contributed by atoms with Crippen LogP contribution >= 0.6 is 11.8 Å². The Hall–Kier alpha value is -1.76. The van der Waals surface area contributed by atoms with Crippen molar-refractivity contribution in [1.82, 2.24) is 9.88 Å². The number of hydrogen-bond donors (Lipinski definition) is 2. The minimum absolute atomic E-state index is 0.0508. The molecule has 0 aliphatic rings. The lowest BCUT2D eigenvalue weighted by atomic mass is 10.2. The molecule has 0 spiro atoms. The van der Waals surface area contributed by atoms with E-state index in [0.29, 0.717) is 5.69 Å². The summed E-state index contributed by atoms with van der Waals surface area (Å²) in [6.45, 7) is 2.04. The monoisotopic (exact) mass is 297 g/mol. The SMILES string of the molecule is CCC(CSC)N(C)C(=O)Nc1ccc(C(=O)O)nc1. The Morgan fingerprint density at radius 3 is 2.65 bits per heavy atom. The number of nitrogens with one attached hydrogen (secondary N) is 1. The van der Waals surface area contributed by atoms with E-state index in [0.717, 1.165) is 12.2 Å². The van der Waals surface area contributed by atoms with Crippen molar-refractivity contribution < 1.29 is 14.7 Å². The molecule has 1 aromatic heterocycles. The smallest absolute Gasteiger partial charge is 0.354 e. The fraction of sp³-hybridized carbons (Fsp3) is 0.462. The van der Waals surface area contributed by atoms with Crippen molar-refractivity contribution in [2.75, 3.05) is 24.4 Å². The van der Waals surface area contributed by atoms with E-state index >= 15 is 0 Å². The summed E-state index contributed by atoms with van der Waals surface area (Å²) in [6, 6.07) is 2.82. The zero-order valence-electron chi connectivity index (χ0n) is 11.8. The molecule has 7 heteroatoms. The Balaban J connectivity index is 2.67. The summed E-state index contributed by atoms with van der Waals surface area (Å²) in [5.74, 6) is -0.220. The van der Waals surface area contributed by atoms with E-state index in [1.54, 1.807) is 23.7 Å². The first-order valence-corrected chi connectivity index (χ1v) is 7.61. The molecule has 0 saturated heterocycles. The van der Waals surface area contributed by atoms with Crippen molar-refractivity contribution in [2.45, 2.75) is 19.4 Å². The topological polar surface area (TPSA) is 82.5 Å². The first kappa shape index (κ1) is 16.3. The fourth-order valence-corrected chi connectivity index (χ4v) is 2.51. The summed E-state index contributed by atoms with van der Waals surface area (Å²) >= 11 is 1.69. The van der Waals surface area contributed by atoms with Crippen LogP contribution in [0, 0.1) is 0 Å². The first-order chi connectivity index (χ1) is 9.49. The van der Waals surface area contributed by atoms with Gasteiger partial charge in [-0.1, -0.05) is 6.92 Å². The minimum atomic E-state index is -1.09. The summed E-state index contributed by atoms with van der Waals surface area (Å²) in [7, 11) is 1.75. The van der Waals surface area contributed by atoms with E-state index in [9.17, 15) is 9.59 Å². The lowest BCUT2D eigenvalue weighted by Crippen LogP contribution is -2.41. The Morgan fingerprint density at radius 2 is 2.20 bits per heavy atom. The highest BCUT2D eigenvalue weighted by Gasteiger charge is 2.18. The number of anilines is 1. The summed E-state index contributed by atoms with van der Waals surface area (Å²) in [5.41, 5.74) is 0.427. The summed E-state index contributed by atoms with van der Waals surface area (Å²) in [6.07, 6.45) is 4.22. The largest absolute Gasteiger partial charge is 0.477 e. The van der Waals surface area contributed by atoms with Crippen molar-refractivity contribution in [1.29, 1.82) is 0 Å². The van der Waals surface area contributed by atoms with Gasteiger partial charge in [-0.25, -0.2) is 14.6 Å². The maximum Gasteiger partial charge on any atom is 0.354 e. The molecule has 0 aliphatic carbocycles. The van der Waals surface area contributed by atoms with Crippen LogP contribution in [-0.4, -0.2) is 52.1 Å².